The Hall–Kier alpha value is -3.08. The molecule has 160 valence electrons. The lowest BCUT2D eigenvalue weighted by atomic mass is 9.83. The Balaban J connectivity index is 1.60. The maximum atomic E-state index is 13.5. The van der Waals surface area contributed by atoms with Crippen molar-refractivity contribution in [1.29, 1.82) is 0 Å². The summed E-state index contributed by atoms with van der Waals surface area (Å²) < 4.78 is 5.34. The highest BCUT2D eigenvalue weighted by Gasteiger charge is 2.49. The second kappa shape index (κ2) is 7.88. The molecule has 2 aromatic carbocycles. The van der Waals surface area contributed by atoms with Gasteiger partial charge in [0.1, 0.15) is 11.8 Å². The number of carbonyl (C=O) groups is 2. The summed E-state index contributed by atoms with van der Waals surface area (Å²) in [7, 11) is 1.65. The van der Waals surface area contributed by atoms with Crippen LogP contribution < -0.4 is 4.74 Å². The van der Waals surface area contributed by atoms with Crippen molar-refractivity contribution >= 4 is 17.4 Å². The molecule has 1 saturated heterocycles. The van der Waals surface area contributed by atoms with Crippen molar-refractivity contribution in [3.05, 3.63) is 70.8 Å². The van der Waals surface area contributed by atoms with E-state index in [1.165, 1.54) is 22.3 Å². The zero-order chi connectivity index (χ0) is 21.5. The maximum Gasteiger partial charge on any atom is 0.246 e. The molecule has 2 aromatic rings. The summed E-state index contributed by atoms with van der Waals surface area (Å²) in [4.78, 5) is 30.5. The van der Waals surface area contributed by atoms with E-state index in [-0.39, 0.29) is 24.4 Å². The maximum absolute atomic E-state index is 13.5. The van der Waals surface area contributed by atoms with Gasteiger partial charge in [-0.3, -0.25) is 9.59 Å². The number of ether oxygens (including phenoxy) is 1. The van der Waals surface area contributed by atoms with Crippen molar-refractivity contribution < 1.29 is 14.3 Å². The summed E-state index contributed by atoms with van der Waals surface area (Å²) in [6.45, 7) is 2.94. The predicted molar refractivity (Wildman–Crippen MR) is 120 cm³/mol. The van der Waals surface area contributed by atoms with Gasteiger partial charge in [-0.15, -0.1) is 0 Å². The Morgan fingerprint density at radius 3 is 2.58 bits per heavy atom. The molecule has 5 heteroatoms. The Bertz CT molecular complexity index is 1060. The minimum Gasteiger partial charge on any atom is -0.497 e. The standard InChI is InChI=1S/C26H28N2O3/c1-3-4-13-27-16-24(29)28-23(26(27)30)15-21-20-8-6-5-7-18(20)14-22(21)25(28)17-9-11-19(31-2)12-10-17/h5-12,23,25H,3-4,13-16H2,1-2H3. The van der Waals surface area contributed by atoms with E-state index in [1.54, 1.807) is 12.0 Å². The Labute approximate surface area is 183 Å². The van der Waals surface area contributed by atoms with E-state index in [1.807, 2.05) is 29.2 Å². The first-order valence-corrected chi connectivity index (χ1v) is 11.2. The summed E-state index contributed by atoms with van der Waals surface area (Å²) in [5.74, 6) is 0.915. The van der Waals surface area contributed by atoms with Gasteiger partial charge in [0.25, 0.3) is 0 Å². The molecule has 2 amide bonds. The fourth-order valence-electron chi connectivity index (χ4n) is 5.34. The van der Waals surface area contributed by atoms with E-state index in [9.17, 15) is 9.59 Å². The molecule has 5 rings (SSSR count). The molecule has 2 aliphatic heterocycles. The van der Waals surface area contributed by atoms with Crippen molar-refractivity contribution in [2.45, 2.75) is 44.7 Å². The second-order valence-corrected chi connectivity index (χ2v) is 8.65. The average Bonchev–Trinajstić information content (AvgIpc) is 3.17. The number of methoxy groups -OCH3 is 1. The van der Waals surface area contributed by atoms with E-state index >= 15 is 0 Å². The molecule has 2 heterocycles. The second-order valence-electron chi connectivity index (χ2n) is 8.65. The molecule has 1 fully saturated rings. The number of amides is 2. The van der Waals surface area contributed by atoms with Crippen LogP contribution in [0.15, 0.2) is 54.1 Å². The van der Waals surface area contributed by atoms with Crippen LogP contribution in [-0.4, -0.2) is 47.9 Å². The highest BCUT2D eigenvalue weighted by atomic mass is 16.5. The Morgan fingerprint density at radius 1 is 1.06 bits per heavy atom. The van der Waals surface area contributed by atoms with E-state index in [4.69, 9.17) is 4.74 Å². The van der Waals surface area contributed by atoms with Crippen molar-refractivity contribution in [3.63, 3.8) is 0 Å². The van der Waals surface area contributed by atoms with Crippen LogP contribution in [0.2, 0.25) is 0 Å². The van der Waals surface area contributed by atoms with Crippen LogP contribution in [0, 0.1) is 0 Å². The van der Waals surface area contributed by atoms with E-state index < -0.39 is 6.04 Å². The van der Waals surface area contributed by atoms with Gasteiger partial charge < -0.3 is 14.5 Å². The lowest BCUT2D eigenvalue weighted by molar-refractivity contribution is -0.158. The molecule has 0 saturated carbocycles. The summed E-state index contributed by atoms with van der Waals surface area (Å²) in [5.41, 5.74) is 6.06. The molecule has 0 bridgehead atoms. The third-order valence-electron chi connectivity index (χ3n) is 6.88. The lowest BCUT2D eigenvalue weighted by Crippen LogP contribution is -2.62. The highest BCUT2D eigenvalue weighted by Crippen LogP contribution is 2.49. The normalized spacial score (nSPS) is 22.4. The first-order valence-electron chi connectivity index (χ1n) is 11.2. The lowest BCUT2D eigenvalue weighted by Gasteiger charge is -2.48. The van der Waals surface area contributed by atoms with Crippen molar-refractivity contribution in [2.24, 2.45) is 0 Å². The van der Waals surface area contributed by atoms with Gasteiger partial charge in [0.2, 0.25) is 11.8 Å². The number of carbonyl (C=O) groups excluding carboxylic acids is 2. The van der Waals surface area contributed by atoms with E-state index in [2.05, 4.69) is 31.2 Å². The van der Waals surface area contributed by atoms with Crippen LogP contribution in [0.4, 0.5) is 0 Å². The minimum absolute atomic E-state index is 0.0454. The molecule has 2 unspecified atom stereocenters. The number of nitrogens with zero attached hydrogens (tertiary/aromatic N) is 2. The zero-order valence-corrected chi connectivity index (χ0v) is 18.1. The number of benzene rings is 2. The van der Waals surface area contributed by atoms with Crippen LogP contribution in [0.25, 0.3) is 5.57 Å². The largest absolute Gasteiger partial charge is 0.497 e. The Morgan fingerprint density at radius 2 is 1.84 bits per heavy atom. The molecule has 2 atom stereocenters. The number of fused-ring (bicyclic) bond motifs is 3. The third kappa shape index (κ3) is 3.23. The van der Waals surface area contributed by atoms with E-state index in [0.29, 0.717) is 13.0 Å². The quantitative estimate of drug-likeness (QED) is 0.741. The fourth-order valence-corrected chi connectivity index (χ4v) is 5.34. The minimum atomic E-state index is -0.435. The van der Waals surface area contributed by atoms with Gasteiger partial charge in [0, 0.05) is 13.0 Å². The summed E-state index contributed by atoms with van der Waals surface area (Å²) in [6.07, 6.45) is 3.35. The van der Waals surface area contributed by atoms with Crippen LogP contribution in [0.5, 0.6) is 5.75 Å². The van der Waals surface area contributed by atoms with Gasteiger partial charge in [-0.2, -0.15) is 0 Å². The molecule has 5 nitrogen and oxygen atoms in total. The number of hydrogen-bond acceptors (Lipinski definition) is 3. The number of piperazine rings is 1. The third-order valence-corrected chi connectivity index (χ3v) is 6.88. The molecular formula is C26H28N2O3. The summed E-state index contributed by atoms with van der Waals surface area (Å²) >= 11 is 0. The molecular weight excluding hydrogens is 388 g/mol. The number of rotatable bonds is 5. The van der Waals surface area contributed by atoms with E-state index in [0.717, 1.165) is 30.6 Å². The first-order chi connectivity index (χ1) is 15.1. The molecule has 0 radical (unpaired) electrons. The van der Waals surface area contributed by atoms with Crippen LogP contribution >= 0.6 is 0 Å². The first kappa shape index (κ1) is 19.9. The fraction of sp³-hybridized carbons (Fsp3) is 0.385. The number of unbranched alkanes of at least 4 members (excludes halogenated alkanes) is 1. The van der Waals surface area contributed by atoms with Gasteiger partial charge in [0.15, 0.2) is 0 Å². The molecule has 3 aliphatic rings. The molecule has 0 N–H and O–H groups in total. The number of hydrogen-bond donors (Lipinski definition) is 0. The summed E-state index contributed by atoms with van der Waals surface area (Å²) in [6, 6.07) is 15.7. The highest BCUT2D eigenvalue weighted by molar-refractivity contribution is 5.98. The topological polar surface area (TPSA) is 49.9 Å². The van der Waals surface area contributed by atoms with Crippen LogP contribution in [0.3, 0.4) is 0 Å². The van der Waals surface area contributed by atoms with Gasteiger partial charge in [-0.05, 0) is 52.8 Å². The monoisotopic (exact) mass is 416 g/mol. The van der Waals surface area contributed by atoms with Crippen LogP contribution in [0.1, 0.15) is 48.9 Å². The molecule has 31 heavy (non-hydrogen) atoms. The van der Waals surface area contributed by atoms with Crippen molar-refractivity contribution in [3.8, 4) is 5.75 Å². The van der Waals surface area contributed by atoms with Crippen LogP contribution in [-0.2, 0) is 16.0 Å². The smallest absolute Gasteiger partial charge is 0.246 e. The Kier molecular flexibility index (Phi) is 5.05. The van der Waals surface area contributed by atoms with Gasteiger partial charge in [-0.25, -0.2) is 0 Å². The van der Waals surface area contributed by atoms with Gasteiger partial charge in [0.05, 0.1) is 19.7 Å². The zero-order valence-electron chi connectivity index (χ0n) is 18.1. The van der Waals surface area contributed by atoms with Crippen molar-refractivity contribution in [2.75, 3.05) is 20.2 Å². The molecule has 0 aromatic heterocycles. The predicted octanol–water partition coefficient (Wildman–Crippen LogP) is 3.99. The SMILES string of the molecule is CCCCN1CC(=O)N2C(CC3=C(Cc4ccccc43)C2c2ccc(OC)cc2)C1=O. The van der Waals surface area contributed by atoms with Gasteiger partial charge in [-0.1, -0.05) is 49.7 Å². The molecule has 1 aliphatic carbocycles. The summed E-state index contributed by atoms with van der Waals surface area (Å²) in [5, 5.41) is 0. The average molecular weight is 417 g/mol. The molecule has 0 spiro atoms. The van der Waals surface area contributed by atoms with Gasteiger partial charge >= 0.3 is 0 Å². The van der Waals surface area contributed by atoms with Crippen molar-refractivity contribution in [1.82, 2.24) is 9.80 Å².